The summed E-state index contributed by atoms with van der Waals surface area (Å²) in [6, 6.07) is 10.5. The molecule has 1 nitrogen and oxygen atoms in total. The summed E-state index contributed by atoms with van der Waals surface area (Å²) in [6.45, 7) is 4.15. The summed E-state index contributed by atoms with van der Waals surface area (Å²) in [4.78, 5) is 14.4. The van der Waals surface area contributed by atoms with Crippen molar-refractivity contribution in [1.82, 2.24) is 0 Å². The van der Waals surface area contributed by atoms with Gasteiger partial charge in [-0.05, 0) is 48.9 Å². The highest BCUT2D eigenvalue weighted by atomic mass is 32.1. The van der Waals surface area contributed by atoms with Crippen molar-refractivity contribution >= 4 is 17.1 Å². The number of hydrogen-bond donors (Lipinski definition) is 0. The van der Waals surface area contributed by atoms with Gasteiger partial charge in [0.15, 0.2) is 5.78 Å². The average molecular weight is 256 g/mol. The van der Waals surface area contributed by atoms with Crippen LogP contribution in [0.3, 0.4) is 0 Å². The van der Waals surface area contributed by atoms with Gasteiger partial charge in [-0.3, -0.25) is 4.79 Å². The van der Waals surface area contributed by atoms with Crippen LogP contribution < -0.4 is 0 Å². The molecule has 0 saturated heterocycles. The van der Waals surface area contributed by atoms with Gasteiger partial charge in [0.25, 0.3) is 0 Å². The third-order valence-corrected chi connectivity index (χ3v) is 5.03. The summed E-state index contributed by atoms with van der Waals surface area (Å²) < 4.78 is 0. The lowest BCUT2D eigenvalue weighted by Crippen LogP contribution is -2.19. The van der Waals surface area contributed by atoms with Gasteiger partial charge in [0.05, 0.1) is 4.88 Å². The molecule has 1 aliphatic rings. The predicted molar refractivity (Wildman–Crippen MR) is 75.6 cm³/mol. The smallest absolute Gasteiger partial charge is 0.173 e. The Hall–Kier alpha value is -1.41. The second-order valence-electron chi connectivity index (χ2n) is 5.08. The van der Waals surface area contributed by atoms with Crippen molar-refractivity contribution < 1.29 is 4.79 Å². The number of Topliss-reactive ketones (excluding diaryl/α,β-unsaturated/α-hetero) is 1. The molecule has 0 spiro atoms. The topological polar surface area (TPSA) is 17.1 Å². The van der Waals surface area contributed by atoms with Crippen molar-refractivity contribution in [3.63, 3.8) is 0 Å². The molecule has 0 radical (unpaired) electrons. The number of aryl methyl sites for hydroxylation is 2. The van der Waals surface area contributed by atoms with E-state index in [0.29, 0.717) is 18.1 Å². The van der Waals surface area contributed by atoms with Gasteiger partial charge >= 0.3 is 0 Å². The minimum Gasteiger partial charge on any atom is -0.293 e. The normalized spacial score (nSPS) is 17.1. The maximum absolute atomic E-state index is 12.2. The minimum atomic E-state index is 0.302. The van der Waals surface area contributed by atoms with Gasteiger partial charge in [-0.2, -0.15) is 0 Å². The summed E-state index contributed by atoms with van der Waals surface area (Å²) >= 11 is 1.63. The highest BCUT2D eigenvalue weighted by Gasteiger charge is 2.28. The molecule has 0 fully saturated rings. The van der Waals surface area contributed by atoms with Gasteiger partial charge in [-0.1, -0.05) is 24.3 Å². The van der Waals surface area contributed by atoms with E-state index in [-0.39, 0.29) is 0 Å². The molecule has 0 N–H and O–H groups in total. The minimum absolute atomic E-state index is 0.302. The van der Waals surface area contributed by atoms with Crippen molar-refractivity contribution in [2.24, 2.45) is 0 Å². The second-order valence-corrected chi connectivity index (χ2v) is 6.33. The van der Waals surface area contributed by atoms with Crippen LogP contribution in [-0.2, 0) is 6.42 Å². The van der Waals surface area contributed by atoms with Gasteiger partial charge in [-0.25, -0.2) is 0 Å². The zero-order valence-electron chi connectivity index (χ0n) is 10.7. The number of rotatable bonds is 3. The number of carbonyl (C=O) groups excluding carboxylic acids is 1. The van der Waals surface area contributed by atoms with E-state index >= 15 is 0 Å². The maximum Gasteiger partial charge on any atom is 0.173 e. The SMILES string of the molecule is Cc1cc(C(=O)CC2Cc3ccccc32)sc1C. The summed E-state index contributed by atoms with van der Waals surface area (Å²) in [5.41, 5.74) is 4.02. The fraction of sp³-hybridized carbons (Fsp3) is 0.312. The van der Waals surface area contributed by atoms with E-state index in [4.69, 9.17) is 0 Å². The number of hydrogen-bond acceptors (Lipinski definition) is 2. The van der Waals surface area contributed by atoms with Crippen molar-refractivity contribution in [2.75, 3.05) is 0 Å². The summed E-state index contributed by atoms with van der Waals surface area (Å²) in [5.74, 6) is 0.743. The monoisotopic (exact) mass is 256 g/mol. The molecule has 92 valence electrons. The van der Waals surface area contributed by atoms with Crippen LogP contribution in [0.25, 0.3) is 0 Å². The third kappa shape index (κ3) is 1.91. The first-order valence-electron chi connectivity index (χ1n) is 6.33. The molecule has 0 amide bonds. The van der Waals surface area contributed by atoms with Crippen LogP contribution in [0.1, 0.15) is 43.6 Å². The van der Waals surface area contributed by atoms with E-state index in [1.807, 2.05) is 6.07 Å². The van der Waals surface area contributed by atoms with Crippen molar-refractivity contribution in [2.45, 2.75) is 32.6 Å². The van der Waals surface area contributed by atoms with Crippen LogP contribution in [0.5, 0.6) is 0 Å². The molecule has 0 saturated carbocycles. The van der Waals surface area contributed by atoms with E-state index < -0.39 is 0 Å². The first-order chi connectivity index (χ1) is 8.65. The van der Waals surface area contributed by atoms with Gasteiger partial charge < -0.3 is 0 Å². The fourth-order valence-corrected chi connectivity index (χ4v) is 3.56. The second kappa shape index (κ2) is 4.36. The molecule has 3 rings (SSSR count). The van der Waals surface area contributed by atoms with Gasteiger partial charge in [0.1, 0.15) is 0 Å². The average Bonchev–Trinajstić information content (AvgIpc) is 2.67. The fourth-order valence-electron chi connectivity index (χ4n) is 2.58. The molecule has 2 aromatic rings. The molecule has 1 aromatic heterocycles. The molecule has 0 bridgehead atoms. The standard InChI is InChI=1S/C16H16OS/c1-10-7-16(18-11(10)2)15(17)9-13-8-12-5-3-4-6-14(12)13/h3-7,13H,8-9H2,1-2H3. The van der Waals surface area contributed by atoms with Crippen LogP contribution in [0, 0.1) is 13.8 Å². The highest BCUT2D eigenvalue weighted by Crippen LogP contribution is 2.38. The zero-order chi connectivity index (χ0) is 12.7. The Morgan fingerprint density at radius 3 is 2.78 bits per heavy atom. The molecule has 0 aliphatic heterocycles. The lowest BCUT2D eigenvalue weighted by Gasteiger charge is -2.29. The number of benzene rings is 1. The van der Waals surface area contributed by atoms with E-state index in [0.717, 1.165) is 11.3 Å². The molecular formula is C16H16OS. The maximum atomic E-state index is 12.2. The molecule has 1 unspecified atom stereocenters. The number of fused-ring (bicyclic) bond motifs is 1. The Bertz CT molecular complexity index is 590. The van der Waals surface area contributed by atoms with Crippen LogP contribution in [0.4, 0.5) is 0 Å². The third-order valence-electron chi connectivity index (χ3n) is 3.83. The Balaban J connectivity index is 1.74. The van der Waals surface area contributed by atoms with Crippen molar-refractivity contribution in [1.29, 1.82) is 0 Å². The van der Waals surface area contributed by atoms with Gasteiger partial charge in [0, 0.05) is 11.3 Å². The van der Waals surface area contributed by atoms with E-state index in [1.165, 1.54) is 21.6 Å². The first kappa shape index (κ1) is 11.7. The van der Waals surface area contributed by atoms with Crippen LogP contribution >= 0.6 is 11.3 Å². The zero-order valence-corrected chi connectivity index (χ0v) is 11.5. The summed E-state index contributed by atoms with van der Waals surface area (Å²) in [6.07, 6.45) is 1.72. The quantitative estimate of drug-likeness (QED) is 0.749. The summed E-state index contributed by atoms with van der Waals surface area (Å²) in [5, 5.41) is 0. The van der Waals surface area contributed by atoms with Crippen molar-refractivity contribution in [3.05, 3.63) is 56.8 Å². The Kier molecular flexibility index (Phi) is 2.83. The Morgan fingerprint density at radius 1 is 1.33 bits per heavy atom. The molecule has 1 heterocycles. The molecule has 1 atom stereocenters. The summed E-state index contributed by atoms with van der Waals surface area (Å²) in [7, 11) is 0. The molecular weight excluding hydrogens is 240 g/mol. The molecule has 2 heteroatoms. The number of carbonyl (C=O) groups is 1. The van der Waals surface area contributed by atoms with Crippen LogP contribution in [0.15, 0.2) is 30.3 Å². The molecule has 18 heavy (non-hydrogen) atoms. The van der Waals surface area contributed by atoms with Crippen molar-refractivity contribution in [3.8, 4) is 0 Å². The Morgan fingerprint density at radius 2 is 2.11 bits per heavy atom. The number of thiophene rings is 1. The van der Waals surface area contributed by atoms with Crippen LogP contribution in [0.2, 0.25) is 0 Å². The molecule has 1 aromatic carbocycles. The lowest BCUT2D eigenvalue weighted by atomic mass is 9.75. The van der Waals surface area contributed by atoms with Gasteiger partial charge in [-0.15, -0.1) is 11.3 Å². The first-order valence-corrected chi connectivity index (χ1v) is 7.15. The highest BCUT2D eigenvalue weighted by molar-refractivity contribution is 7.14. The largest absolute Gasteiger partial charge is 0.293 e. The van der Waals surface area contributed by atoms with Crippen LogP contribution in [-0.4, -0.2) is 5.78 Å². The van der Waals surface area contributed by atoms with E-state index in [9.17, 15) is 4.79 Å². The van der Waals surface area contributed by atoms with Gasteiger partial charge in [0.2, 0.25) is 0 Å². The lowest BCUT2D eigenvalue weighted by molar-refractivity contribution is 0.0974. The number of ketones is 1. The Labute approximate surface area is 111 Å². The van der Waals surface area contributed by atoms with E-state index in [1.54, 1.807) is 11.3 Å². The molecule has 1 aliphatic carbocycles. The predicted octanol–water partition coefficient (Wildman–Crippen LogP) is 4.28. The van der Waals surface area contributed by atoms with E-state index in [2.05, 4.69) is 38.1 Å².